The van der Waals surface area contributed by atoms with Gasteiger partial charge in [0.05, 0.1) is 10.9 Å². The molecule has 1 saturated carbocycles. The number of benzene rings is 1. The molecule has 0 unspecified atom stereocenters. The van der Waals surface area contributed by atoms with Crippen LogP contribution in [-0.2, 0) is 12.5 Å². The fourth-order valence-corrected chi connectivity index (χ4v) is 4.98. The second kappa shape index (κ2) is 7.08. The van der Waals surface area contributed by atoms with E-state index >= 15 is 0 Å². The molecule has 1 amide bonds. The van der Waals surface area contributed by atoms with Gasteiger partial charge in [-0.1, -0.05) is 19.1 Å². The molecule has 3 aromatic heterocycles. The van der Waals surface area contributed by atoms with Crippen molar-refractivity contribution in [2.75, 3.05) is 0 Å². The monoisotopic (exact) mass is 432 g/mol. The Bertz CT molecular complexity index is 1380. The minimum absolute atomic E-state index is 0.0749. The number of primary amides is 1. The van der Waals surface area contributed by atoms with E-state index in [1.807, 2.05) is 35.9 Å². The summed E-state index contributed by atoms with van der Waals surface area (Å²) in [6, 6.07) is 9.05. The first-order valence-electron chi connectivity index (χ1n) is 10.3. The highest BCUT2D eigenvalue weighted by Crippen LogP contribution is 2.51. The topological polar surface area (TPSA) is 109 Å². The predicted octanol–water partition coefficient (Wildman–Crippen LogP) is 2.92. The molecule has 2 N–H and O–H groups in total. The summed E-state index contributed by atoms with van der Waals surface area (Å²) >= 11 is 0. The first-order chi connectivity index (χ1) is 15.3. The number of pyridine rings is 1. The van der Waals surface area contributed by atoms with Crippen molar-refractivity contribution in [3.63, 3.8) is 0 Å². The van der Waals surface area contributed by atoms with Gasteiger partial charge in [-0.05, 0) is 42.5 Å². The Morgan fingerprint density at radius 1 is 1.31 bits per heavy atom. The molecule has 32 heavy (non-hydrogen) atoms. The molecule has 8 nitrogen and oxygen atoms in total. The van der Waals surface area contributed by atoms with Gasteiger partial charge in [-0.3, -0.25) is 9.59 Å². The van der Waals surface area contributed by atoms with Crippen LogP contribution in [0.3, 0.4) is 0 Å². The van der Waals surface area contributed by atoms with Crippen LogP contribution < -0.4 is 5.73 Å². The molecule has 0 atom stereocenters. The van der Waals surface area contributed by atoms with E-state index in [1.165, 1.54) is 12.3 Å². The lowest BCUT2D eigenvalue weighted by atomic mass is 9.58. The quantitative estimate of drug-likeness (QED) is 0.488. The maximum Gasteiger partial charge on any atom is 0.267 e. The van der Waals surface area contributed by atoms with Crippen LogP contribution in [0.4, 0.5) is 4.39 Å². The third-order valence-electron chi connectivity index (χ3n) is 6.32. The van der Waals surface area contributed by atoms with Gasteiger partial charge < -0.3 is 14.9 Å². The Balaban J connectivity index is 1.70. The zero-order valence-corrected chi connectivity index (χ0v) is 17.6. The van der Waals surface area contributed by atoms with Crippen molar-refractivity contribution < 1.29 is 14.0 Å². The molecular weight excluding hydrogens is 411 g/mol. The summed E-state index contributed by atoms with van der Waals surface area (Å²) in [5.41, 5.74) is 6.92. The Hall–Kier alpha value is -3.88. The van der Waals surface area contributed by atoms with E-state index < -0.39 is 11.7 Å². The van der Waals surface area contributed by atoms with E-state index in [0.717, 1.165) is 24.2 Å². The summed E-state index contributed by atoms with van der Waals surface area (Å²) in [6.45, 7) is 2.20. The van der Waals surface area contributed by atoms with Crippen LogP contribution in [0, 0.1) is 11.7 Å². The maximum atomic E-state index is 14.8. The number of rotatable bonds is 5. The van der Waals surface area contributed by atoms with Crippen molar-refractivity contribution in [3.8, 4) is 5.69 Å². The average molecular weight is 432 g/mol. The number of nitrogens with two attached hydrogens (primary N) is 1. The number of amides is 1. The Morgan fingerprint density at radius 2 is 2.09 bits per heavy atom. The molecule has 1 fully saturated rings. The number of carbonyl (C=O) groups excluding carboxylic acids is 2. The molecule has 1 aliphatic rings. The van der Waals surface area contributed by atoms with Crippen molar-refractivity contribution in [3.05, 3.63) is 71.3 Å². The lowest BCUT2D eigenvalue weighted by Crippen LogP contribution is -2.43. The van der Waals surface area contributed by atoms with Crippen LogP contribution >= 0.6 is 0 Å². The second-order valence-electron chi connectivity index (χ2n) is 8.53. The fourth-order valence-electron chi connectivity index (χ4n) is 4.98. The summed E-state index contributed by atoms with van der Waals surface area (Å²) in [7, 11) is 1.93. The summed E-state index contributed by atoms with van der Waals surface area (Å²) in [6.07, 6.45) is 5.38. The lowest BCUT2D eigenvalue weighted by molar-refractivity contribution is 0.0996. The normalized spacial score (nSPS) is 20.3. The second-order valence-corrected chi connectivity index (χ2v) is 8.53. The third kappa shape index (κ3) is 2.84. The van der Waals surface area contributed by atoms with Gasteiger partial charge >= 0.3 is 0 Å². The number of carbonyl (C=O) groups is 2. The first kappa shape index (κ1) is 20.0. The molecule has 1 aromatic carbocycles. The minimum Gasteiger partial charge on any atom is -0.364 e. The van der Waals surface area contributed by atoms with Crippen molar-refractivity contribution in [2.24, 2.45) is 18.7 Å². The molecule has 3 heterocycles. The molecule has 0 bridgehead atoms. The van der Waals surface area contributed by atoms with E-state index in [4.69, 9.17) is 5.73 Å². The fraction of sp³-hybridized carbons (Fsp3) is 0.261. The highest BCUT2D eigenvalue weighted by Gasteiger charge is 2.48. The number of aldehydes is 1. The van der Waals surface area contributed by atoms with Crippen LogP contribution in [0.5, 0.6) is 0 Å². The summed E-state index contributed by atoms with van der Waals surface area (Å²) in [4.78, 5) is 27.4. The summed E-state index contributed by atoms with van der Waals surface area (Å²) in [5, 5.41) is 8.44. The van der Waals surface area contributed by atoms with Crippen LogP contribution in [-0.4, -0.2) is 36.5 Å². The van der Waals surface area contributed by atoms with Gasteiger partial charge in [-0.15, -0.1) is 10.2 Å². The molecule has 0 radical (unpaired) electrons. The molecular formula is C23H21FN6O2. The molecule has 4 aromatic rings. The van der Waals surface area contributed by atoms with Gasteiger partial charge in [0, 0.05) is 24.5 Å². The highest BCUT2D eigenvalue weighted by molar-refractivity contribution is 6.01. The summed E-state index contributed by atoms with van der Waals surface area (Å²) < 4.78 is 18.3. The number of hydrogen-bond acceptors (Lipinski definition) is 5. The Labute approximate surface area is 182 Å². The zero-order valence-electron chi connectivity index (χ0n) is 17.6. The van der Waals surface area contributed by atoms with Gasteiger partial charge in [0.1, 0.15) is 23.4 Å². The van der Waals surface area contributed by atoms with E-state index in [2.05, 4.69) is 22.1 Å². The minimum atomic E-state index is -0.825. The van der Waals surface area contributed by atoms with Crippen molar-refractivity contribution in [1.82, 2.24) is 24.3 Å². The maximum absolute atomic E-state index is 14.8. The molecule has 0 saturated heterocycles. The predicted molar refractivity (Wildman–Crippen MR) is 115 cm³/mol. The Morgan fingerprint density at radius 3 is 2.72 bits per heavy atom. The van der Waals surface area contributed by atoms with Gasteiger partial charge in [0.2, 0.25) is 0 Å². The number of aryl methyl sites for hydroxylation is 1. The van der Waals surface area contributed by atoms with Crippen LogP contribution in [0.1, 0.15) is 52.0 Å². The Kier molecular flexibility index (Phi) is 4.44. The average Bonchev–Trinajstić information content (AvgIpc) is 3.34. The smallest absolute Gasteiger partial charge is 0.267 e. The van der Waals surface area contributed by atoms with Crippen molar-refractivity contribution >= 4 is 23.2 Å². The van der Waals surface area contributed by atoms with Crippen molar-refractivity contribution in [2.45, 2.75) is 25.2 Å². The molecule has 162 valence electrons. The van der Waals surface area contributed by atoms with Gasteiger partial charge in [-0.25, -0.2) is 9.37 Å². The third-order valence-corrected chi connectivity index (χ3v) is 6.32. The molecule has 0 spiro atoms. The van der Waals surface area contributed by atoms with E-state index in [9.17, 15) is 14.0 Å². The van der Waals surface area contributed by atoms with Gasteiger partial charge in [0.15, 0.2) is 12.1 Å². The van der Waals surface area contributed by atoms with Gasteiger partial charge in [0.25, 0.3) is 5.91 Å². The van der Waals surface area contributed by atoms with Crippen LogP contribution in [0.25, 0.3) is 16.7 Å². The van der Waals surface area contributed by atoms with Crippen LogP contribution in [0.15, 0.2) is 42.9 Å². The number of nitrogens with zero attached hydrogens (tertiary/aromatic N) is 5. The number of aromatic nitrogens is 5. The SMILES string of the molecule is CC1CC(c2cccc(-n3cc(F)c4nc(C(N)=O)cc(C=O)c43)c2)(c2nncn2C)C1. The molecule has 1 aliphatic carbocycles. The van der Waals surface area contributed by atoms with Crippen LogP contribution in [0.2, 0.25) is 0 Å². The number of hydrogen-bond donors (Lipinski definition) is 1. The summed E-state index contributed by atoms with van der Waals surface area (Å²) in [5.74, 6) is -0.0401. The number of halogens is 1. The van der Waals surface area contributed by atoms with Gasteiger partial charge in [-0.2, -0.15) is 0 Å². The van der Waals surface area contributed by atoms with E-state index in [-0.39, 0.29) is 27.7 Å². The number of fused-ring (bicyclic) bond motifs is 1. The lowest BCUT2D eigenvalue weighted by Gasteiger charge is -2.46. The van der Waals surface area contributed by atoms with Crippen molar-refractivity contribution in [1.29, 1.82) is 0 Å². The largest absolute Gasteiger partial charge is 0.364 e. The molecule has 9 heteroatoms. The first-order valence-corrected chi connectivity index (χ1v) is 10.3. The molecule has 5 rings (SSSR count). The zero-order chi connectivity index (χ0) is 22.6. The standard InChI is InChI=1S/C23H21FN6O2/c1-13-8-23(9-13,22-28-26-12-29(22)2)15-4-3-5-16(7-15)30-10-17(24)19-20(30)14(11-31)6-18(27-19)21(25)32/h3-7,10-13H,8-9H2,1-2H3,(H2,25,32). The van der Waals surface area contributed by atoms with E-state index in [1.54, 1.807) is 10.9 Å². The van der Waals surface area contributed by atoms with E-state index in [0.29, 0.717) is 17.9 Å². The highest BCUT2D eigenvalue weighted by atomic mass is 19.1. The molecule has 0 aliphatic heterocycles.